The molecule has 1 unspecified atom stereocenters. The molecule has 1 amide bonds. The molecule has 0 bridgehead atoms. The van der Waals surface area contributed by atoms with Crippen molar-refractivity contribution >= 4 is 29.2 Å². The summed E-state index contributed by atoms with van der Waals surface area (Å²) in [4.78, 5) is 15.9. The molecule has 0 aliphatic carbocycles. The van der Waals surface area contributed by atoms with Crippen molar-refractivity contribution in [3.8, 4) is 6.07 Å². The van der Waals surface area contributed by atoms with Crippen LogP contribution < -0.4 is 10.5 Å². The van der Waals surface area contributed by atoms with E-state index in [-0.39, 0.29) is 17.1 Å². The van der Waals surface area contributed by atoms with Gasteiger partial charge >= 0.3 is 0 Å². The Morgan fingerprint density at radius 3 is 2.65 bits per heavy atom. The van der Waals surface area contributed by atoms with E-state index in [1.165, 1.54) is 30.7 Å². The van der Waals surface area contributed by atoms with Crippen molar-refractivity contribution in [2.45, 2.75) is 6.04 Å². The van der Waals surface area contributed by atoms with E-state index in [0.29, 0.717) is 26.5 Å². The zero-order chi connectivity index (χ0) is 21.8. The van der Waals surface area contributed by atoms with Gasteiger partial charge in [0.25, 0.3) is 11.6 Å². The third-order valence-corrected chi connectivity index (χ3v) is 4.72. The molecule has 0 radical (unpaired) electrons. The number of hydroxylamine groups is 1. The predicted octanol–water partition coefficient (Wildman–Crippen LogP) is 3.01. The number of pyridine rings is 1. The smallest absolute Gasteiger partial charge is 0.297 e. The number of nitrogens with zero attached hydrogens (tertiary/aromatic N) is 5. The number of nitriles is 1. The van der Waals surface area contributed by atoms with Gasteiger partial charge in [-0.25, -0.2) is 5.43 Å². The SMILES string of the molecule is N#CC1=[N+]([O-])c2cc(/C=N/NC(=O)c3ccncc3)ccc2N([O-])C1c1ccccc1. The van der Waals surface area contributed by atoms with E-state index >= 15 is 0 Å². The Morgan fingerprint density at radius 2 is 1.94 bits per heavy atom. The molecule has 152 valence electrons. The average Bonchev–Trinajstić information content (AvgIpc) is 2.82. The maximum absolute atomic E-state index is 13.0. The molecule has 9 nitrogen and oxygen atoms in total. The number of aromatic nitrogens is 1. The highest BCUT2D eigenvalue weighted by Crippen LogP contribution is 2.39. The van der Waals surface area contributed by atoms with Crippen LogP contribution in [0.25, 0.3) is 0 Å². The van der Waals surface area contributed by atoms with Gasteiger partial charge in [-0.2, -0.15) is 15.1 Å². The molecule has 1 aromatic heterocycles. The third kappa shape index (κ3) is 3.83. The highest BCUT2D eigenvalue weighted by Gasteiger charge is 2.35. The van der Waals surface area contributed by atoms with Crippen LogP contribution in [-0.4, -0.2) is 27.6 Å². The normalized spacial score (nSPS) is 15.5. The molecule has 1 N–H and O–H groups in total. The minimum absolute atomic E-state index is 0.0307. The molecular weight excluding hydrogens is 396 g/mol. The van der Waals surface area contributed by atoms with E-state index in [1.54, 1.807) is 48.5 Å². The Morgan fingerprint density at radius 1 is 1.19 bits per heavy atom. The Bertz CT molecular complexity index is 1220. The largest absolute Gasteiger partial charge is 0.757 e. The fraction of sp³-hybridized carbons (Fsp3) is 0.0455. The molecule has 1 atom stereocenters. The van der Waals surface area contributed by atoms with Gasteiger partial charge in [-0.1, -0.05) is 36.4 Å². The minimum Gasteiger partial charge on any atom is -0.757 e. The van der Waals surface area contributed by atoms with Crippen LogP contribution in [0.15, 0.2) is 78.2 Å². The van der Waals surface area contributed by atoms with E-state index in [2.05, 4.69) is 15.5 Å². The van der Waals surface area contributed by atoms with Crippen molar-refractivity contribution in [3.05, 3.63) is 100 Å². The topological polar surface area (TPSA) is 131 Å². The second kappa shape index (κ2) is 8.44. The third-order valence-electron chi connectivity index (χ3n) is 4.72. The lowest BCUT2D eigenvalue weighted by atomic mass is 9.99. The highest BCUT2D eigenvalue weighted by molar-refractivity contribution is 6.04. The molecule has 1 aliphatic rings. The van der Waals surface area contributed by atoms with Crippen LogP contribution >= 0.6 is 0 Å². The van der Waals surface area contributed by atoms with Crippen molar-refractivity contribution in [2.24, 2.45) is 5.10 Å². The predicted molar refractivity (Wildman–Crippen MR) is 115 cm³/mol. The highest BCUT2D eigenvalue weighted by atomic mass is 16.5. The van der Waals surface area contributed by atoms with E-state index in [1.807, 2.05) is 6.07 Å². The number of benzene rings is 2. The summed E-state index contributed by atoms with van der Waals surface area (Å²) < 4.78 is 0.467. The first kappa shape index (κ1) is 19.8. The molecule has 1 aliphatic heterocycles. The quantitative estimate of drug-likeness (QED) is 0.304. The molecule has 0 saturated carbocycles. The van der Waals surface area contributed by atoms with Gasteiger partial charge in [-0.15, -0.1) is 0 Å². The molecule has 2 aromatic carbocycles. The lowest BCUT2D eigenvalue weighted by Crippen LogP contribution is -2.36. The number of hydrogen-bond donors (Lipinski definition) is 1. The van der Waals surface area contributed by atoms with Gasteiger partial charge in [0.1, 0.15) is 11.7 Å². The fourth-order valence-corrected chi connectivity index (χ4v) is 3.23. The van der Waals surface area contributed by atoms with Crippen LogP contribution in [-0.2, 0) is 0 Å². The standard InChI is InChI=1S/C22H15N6O3/c23-13-20-21(16-4-2-1-3-5-16)28(31)18-7-6-15(12-19(18)27(20)30)14-25-26-22(29)17-8-10-24-11-9-17/h1-12,14,21H,(H,26,29)/q-1/b25-14+. The van der Waals surface area contributed by atoms with E-state index < -0.39 is 11.9 Å². The Hall–Kier alpha value is -4.55. The molecule has 3 aromatic rings. The summed E-state index contributed by atoms with van der Waals surface area (Å²) in [6.07, 6.45) is 4.33. The summed E-state index contributed by atoms with van der Waals surface area (Å²) in [5.74, 6) is -0.418. The zero-order valence-corrected chi connectivity index (χ0v) is 16.0. The molecule has 4 rings (SSSR count). The van der Waals surface area contributed by atoms with Crippen molar-refractivity contribution in [1.29, 1.82) is 5.26 Å². The minimum atomic E-state index is -1.03. The van der Waals surface area contributed by atoms with Gasteiger partial charge in [0, 0.05) is 29.6 Å². The second-order valence-electron chi connectivity index (χ2n) is 6.61. The summed E-state index contributed by atoms with van der Waals surface area (Å²) in [6.45, 7) is 0. The lowest BCUT2D eigenvalue weighted by molar-refractivity contribution is -0.362. The summed E-state index contributed by atoms with van der Waals surface area (Å²) in [7, 11) is 0. The Balaban J connectivity index is 1.62. The summed E-state index contributed by atoms with van der Waals surface area (Å²) >= 11 is 0. The van der Waals surface area contributed by atoms with Crippen LogP contribution in [0.2, 0.25) is 0 Å². The van der Waals surface area contributed by atoms with Gasteiger partial charge in [-0.05, 0) is 23.8 Å². The van der Waals surface area contributed by atoms with Gasteiger partial charge < -0.3 is 15.5 Å². The summed E-state index contributed by atoms with van der Waals surface area (Å²) in [5.41, 5.74) is 3.73. The van der Waals surface area contributed by atoms with Crippen molar-refractivity contribution in [3.63, 3.8) is 0 Å². The Kier molecular flexibility index (Phi) is 5.38. The second-order valence-corrected chi connectivity index (χ2v) is 6.61. The number of hydrazone groups is 1. The number of carbonyl (C=O) groups is 1. The van der Waals surface area contributed by atoms with Gasteiger partial charge in [0.15, 0.2) is 6.07 Å². The molecule has 2 heterocycles. The molecular formula is C22H15N6O3-. The molecule has 0 saturated heterocycles. The van der Waals surface area contributed by atoms with Gasteiger partial charge in [0.05, 0.1) is 6.21 Å². The zero-order valence-electron chi connectivity index (χ0n) is 16.0. The lowest BCUT2D eigenvalue weighted by Gasteiger charge is -2.40. The summed E-state index contributed by atoms with van der Waals surface area (Å²) in [5, 5.41) is 39.9. The van der Waals surface area contributed by atoms with Crippen molar-refractivity contribution < 1.29 is 9.53 Å². The number of fused-ring (bicyclic) bond motifs is 1. The van der Waals surface area contributed by atoms with Crippen molar-refractivity contribution in [2.75, 3.05) is 5.06 Å². The molecule has 9 heteroatoms. The van der Waals surface area contributed by atoms with Crippen LogP contribution in [0.5, 0.6) is 0 Å². The number of amides is 1. The van der Waals surface area contributed by atoms with E-state index in [9.17, 15) is 20.5 Å². The van der Waals surface area contributed by atoms with Gasteiger partial charge in [0.2, 0.25) is 5.69 Å². The van der Waals surface area contributed by atoms with E-state index in [4.69, 9.17) is 0 Å². The van der Waals surface area contributed by atoms with Crippen LogP contribution in [0.3, 0.4) is 0 Å². The van der Waals surface area contributed by atoms with Crippen LogP contribution in [0, 0.1) is 21.7 Å². The summed E-state index contributed by atoms with van der Waals surface area (Å²) in [6, 6.07) is 17.1. The number of carbonyl (C=O) groups excluding carboxylic acids is 1. The molecule has 31 heavy (non-hydrogen) atoms. The molecule has 0 spiro atoms. The first-order valence-corrected chi connectivity index (χ1v) is 9.23. The number of nitrogens with one attached hydrogen (secondary N) is 1. The van der Waals surface area contributed by atoms with E-state index in [0.717, 1.165) is 0 Å². The first-order chi connectivity index (χ1) is 15.1. The number of rotatable bonds is 4. The van der Waals surface area contributed by atoms with Crippen molar-refractivity contribution in [1.82, 2.24) is 10.4 Å². The number of anilines is 1. The maximum atomic E-state index is 13.0. The maximum Gasteiger partial charge on any atom is 0.297 e. The van der Waals surface area contributed by atoms with Gasteiger partial charge in [-0.3, -0.25) is 9.78 Å². The fourth-order valence-electron chi connectivity index (χ4n) is 3.23. The Labute approximate surface area is 177 Å². The molecule has 0 fully saturated rings. The first-order valence-electron chi connectivity index (χ1n) is 9.23. The van der Waals surface area contributed by atoms with Crippen LogP contribution in [0.1, 0.15) is 27.5 Å². The monoisotopic (exact) mass is 411 g/mol. The number of hydrogen-bond acceptors (Lipinski definition) is 7. The van der Waals surface area contributed by atoms with Crippen LogP contribution in [0.4, 0.5) is 11.4 Å². The average molecular weight is 411 g/mol.